The zero-order chi connectivity index (χ0) is 4.41. The summed E-state index contributed by atoms with van der Waals surface area (Å²) in [5.74, 6) is 0. The van der Waals surface area contributed by atoms with Gasteiger partial charge in [-0.2, -0.15) is 5.48 Å². The molecule has 1 atom stereocenters. The molecular weight excluding hydrogens is 82.0 g/mol. The number of rotatable bonds is 0. The van der Waals surface area contributed by atoms with Crippen molar-refractivity contribution in [2.75, 3.05) is 13.2 Å². The molecule has 1 aliphatic rings. The number of hydroxylamine groups is 1. The molecule has 1 rings (SSSR count). The van der Waals surface area contributed by atoms with Gasteiger partial charge in [0.25, 0.3) is 0 Å². The van der Waals surface area contributed by atoms with Crippen LogP contribution in [0.1, 0.15) is 0 Å². The molecule has 1 saturated heterocycles. The second-order valence-electron chi connectivity index (χ2n) is 1.39. The summed E-state index contributed by atoms with van der Waals surface area (Å²) in [5, 5.41) is 8.57. The topological polar surface area (TPSA) is 46.1 Å². The fourth-order valence-corrected chi connectivity index (χ4v) is 0.426. The van der Waals surface area contributed by atoms with E-state index in [1.807, 2.05) is 0 Å². The van der Waals surface area contributed by atoms with Crippen LogP contribution in [0, 0.1) is 0 Å². The SMILES string of the molecule is O[C@H]1C[NH2+]OC1. The first-order chi connectivity index (χ1) is 2.89. The van der Waals surface area contributed by atoms with Gasteiger partial charge in [-0.05, 0) is 0 Å². The van der Waals surface area contributed by atoms with Crippen LogP contribution < -0.4 is 5.48 Å². The number of aliphatic hydroxyl groups excluding tert-OH is 1. The van der Waals surface area contributed by atoms with Crippen molar-refractivity contribution in [1.29, 1.82) is 0 Å². The van der Waals surface area contributed by atoms with Crippen molar-refractivity contribution in [3.63, 3.8) is 0 Å². The molecule has 1 fully saturated rings. The van der Waals surface area contributed by atoms with Crippen LogP contribution in [0.5, 0.6) is 0 Å². The minimum Gasteiger partial charge on any atom is -0.384 e. The molecule has 1 heterocycles. The van der Waals surface area contributed by atoms with Crippen molar-refractivity contribution in [1.82, 2.24) is 0 Å². The maximum Gasteiger partial charge on any atom is 0.137 e. The van der Waals surface area contributed by atoms with Crippen molar-refractivity contribution in [3.05, 3.63) is 0 Å². The molecule has 3 nitrogen and oxygen atoms in total. The van der Waals surface area contributed by atoms with Gasteiger partial charge in [0.15, 0.2) is 0 Å². The van der Waals surface area contributed by atoms with Crippen LogP contribution in [0.2, 0.25) is 0 Å². The van der Waals surface area contributed by atoms with Crippen molar-refractivity contribution in [3.8, 4) is 0 Å². The predicted octanol–water partition coefficient (Wildman–Crippen LogP) is -2.14. The smallest absolute Gasteiger partial charge is 0.137 e. The number of quaternary nitrogens is 1. The van der Waals surface area contributed by atoms with E-state index in [-0.39, 0.29) is 6.10 Å². The Morgan fingerprint density at radius 3 is 2.83 bits per heavy atom. The summed E-state index contributed by atoms with van der Waals surface area (Å²) < 4.78 is 0. The Morgan fingerprint density at radius 2 is 2.67 bits per heavy atom. The predicted molar refractivity (Wildman–Crippen MR) is 18.8 cm³/mol. The molecular formula is C3H8NO2+. The first kappa shape index (κ1) is 4.05. The second kappa shape index (κ2) is 1.55. The van der Waals surface area contributed by atoms with Gasteiger partial charge in [0, 0.05) is 0 Å². The summed E-state index contributed by atoms with van der Waals surface area (Å²) >= 11 is 0. The highest BCUT2D eigenvalue weighted by molar-refractivity contribution is 4.47. The first-order valence-electron chi connectivity index (χ1n) is 2.01. The number of hydrogen-bond acceptors (Lipinski definition) is 2. The van der Waals surface area contributed by atoms with Gasteiger partial charge >= 0.3 is 0 Å². The van der Waals surface area contributed by atoms with Gasteiger partial charge in [-0.3, -0.25) is 0 Å². The van der Waals surface area contributed by atoms with E-state index in [0.29, 0.717) is 13.2 Å². The number of hydrogen-bond donors (Lipinski definition) is 2. The molecule has 1 aliphatic heterocycles. The lowest BCUT2D eigenvalue weighted by Crippen LogP contribution is -2.80. The Morgan fingerprint density at radius 1 is 1.83 bits per heavy atom. The van der Waals surface area contributed by atoms with Gasteiger partial charge in [-0.25, -0.2) is 4.84 Å². The maximum absolute atomic E-state index is 8.57. The summed E-state index contributed by atoms with van der Waals surface area (Å²) in [6.45, 7) is 1.18. The van der Waals surface area contributed by atoms with Crippen molar-refractivity contribution >= 4 is 0 Å². The molecule has 0 spiro atoms. The maximum atomic E-state index is 8.57. The van der Waals surface area contributed by atoms with Gasteiger partial charge in [0.2, 0.25) is 0 Å². The molecule has 0 radical (unpaired) electrons. The van der Waals surface area contributed by atoms with Crippen LogP contribution in [0.3, 0.4) is 0 Å². The number of aliphatic hydroxyl groups is 1. The third-order valence-electron chi connectivity index (χ3n) is 0.775. The summed E-state index contributed by atoms with van der Waals surface area (Å²) in [7, 11) is 0. The van der Waals surface area contributed by atoms with Crippen LogP contribution in [-0.2, 0) is 4.84 Å². The van der Waals surface area contributed by atoms with Gasteiger partial charge < -0.3 is 5.11 Å². The minimum atomic E-state index is -0.231. The highest BCUT2D eigenvalue weighted by atomic mass is 16.7. The van der Waals surface area contributed by atoms with Gasteiger partial charge in [-0.15, -0.1) is 0 Å². The monoisotopic (exact) mass is 90.1 g/mol. The molecule has 0 aromatic heterocycles. The second-order valence-corrected chi connectivity index (χ2v) is 1.39. The fourth-order valence-electron chi connectivity index (χ4n) is 0.426. The Labute approximate surface area is 35.9 Å². The van der Waals surface area contributed by atoms with Crippen LogP contribution in [-0.4, -0.2) is 24.4 Å². The third-order valence-corrected chi connectivity index (χ3v) is 0.775. The third kappa shape index (κ3) is 0.680. The Balaban J connectivity index is 2.18. The van der Waals surface area contributed by atoms with Crippen LogP contribution in [0.4, 0.5) is 0 Å². The standard InChI is InChI=1S/C3H7NO2/c5-3-1-4-6-2-3/h3-5H,1-2H2/p+1/t3-/m0/s1. The highest BCUT2D eigenvalue weighted by Crippen LogP contribution is 1.78. The van der Waals surface area contributed by atoms with E-state index in [9.17, 15) is 0 Å². The lowest BCUT2D eigenvalue weighted by molar-refractivity contribution is -0.874. The Bertz CT molecular complexity index is 42.1. The van der Waals surface area contributed by atoms with Crippen LogP contribution in [0.25, 0.3) is 0 Å². The van der Waals surface area contributed by atoms with Gasteiger partial charge in [0.1, 0.15) is 19.3 Å². The molecule has 0 aromatic carbocycles. The van der Waals surface area contributed by atoms with Gasteiger partial charge in [0.05, 0.1) is 0 Å². The van der Waals surface area contributed by atoms with E-state index in [4.69, 9.17) is 5.11 Å². The summed E-state index contributed by atoms with van der Waals surface area (Å²) in [6.07, 6.45) is -0.231. The molecule has 0 unspecified atom stereocenters. The minimum absolute atomic E-state index is 0.231. The van der Waals surface area contributed by atoms with E-state index in [1.54, 1.807) is 5.48 Å². The average molecular weight is 90.1 g/mol. The Kier molecular flexibility index (Phi) is 1.05. The molecule has 0 saturated carbocycles. The lowest BCUT2D eigenvalue weighted by atomic mass is 10.4. The normalized spacial score (nSPS) is 34.5. The summed E-state index contributed by atoms with van der Waals surface area (Å²) in [5.41, 5.74) is 1.63. The fraction of sp³-hybridized carbons (Fsp3) is 1.00. The van der Waals surface area contributed by atoms with E-state index in [1.165, 1.54) is 0 Å². The zero-order valence-corrected chi connectivity index (χ0v) is 3.42. The van der Waals surface area contributed by atoms with E-state index >= 15 is 0 Å². The summed E-state index contributed by atoms with van der Waals surface area (Å²) in [6, 6.07) is 0. The van der Waals surface area contributed by atoms with E-state index in [0.717, 1.165) is 0 Å². The molecule has 0 aliphatic carbocycles. The van der Waals surface area contributed by atoms with Crippen LogP contribution in [0.15, 0.2) is 0 Å². The molecule has 36 valence electrons. The molecule has 0 bridgehead atoms. The lowest BCUT2D eigenvalue weighted by Gasteiger charge is -1.82. The van der Waals surface area contributed by atoms with Crippen molar-refractivity contribution in [2.24, 2.45) is 0 Å². The molecule has 3 heteroatoms. The quantitative estimate of drug-likeness (QED) is 0.356. The Hall–Kier alpha value is -0.120. The zero-order valence-electron chi connectivity index (χ0n) is 3.42. The van der Waals surface area contributed by atoms with Crippen molar-refractivity contribution < 1.29 is 15.4 Å². The van der Waals surface area contributed by atoms with Crippen LogP contribution >= 0.6 is 0 Å². The largest absolute Gasteiger partial charge is 0.384 e. The van der Waals surface area contributed by atoms with Crippen molar-refractivity contribution in [2.45, 2.75) is 6.10 Å². The molecule has 0 amide bonds. The number of nitrogens with two attached hydrogens (primary N) is 1. The molecule has 6 heavy (non-hydrogen) atoms. The first-order valence-corrected chi connectivity index (χ1v) is 2.01. The average Bonchev–Trinajstić information content (AvgIpc) is 1.86. The van der Waals surface area contributed by atoms with E-state index in [2.05, 4.69) is 4.84 Å². The summed E-state index contributed by atoms with van der Waals surface area (Å²) in [4.78, 5) is 4.68. The van der Waals surface area contributed by atoms with E-state index < -0.39 is 0 Å². The highest BCUT2D eigenvalue weighted by Gasteiger charge is 2.14. The molecule has 0 aromatic rings. The molecule has 3 N–H and O–H groups in total. The van der Waals surface area contributed by atoms with Gasteiger partial charge in [-0.1, -0.05) is 0 Å².